The molecule has 32 heavy (non-hydrogen) atoms. The van der Waals surface area contributed by atoms with Crippen LogP contribution in [0.4, 0.5) is 9.59 Å². The second-order valence-electron chi connectivity index (χ2n) is 7.89. The first-order chi connectivity index (χ1) is 15.2. The second-order valence-corrected chi connectivity index (χ2v) is 7.89. The van der Waals surface area contributed by atoms with Crippen LogP contribution in [0.25, 0.3) is 0 Å². The molecule has 0 aromatic heterocycles. The van der Waals surface area contributed by atoms with E-state index in [0.717, 1.165) is 38.5 Å². The minimum Gasteiger partial charge on any atom is -0.370 e. The van der Waals surface area contributed by atoms with Gasteiger partial charge in [-0.05, 0) is 19.3 Å². The Morgan fingerprint density at radius 1 is 0.719 bits per heavy atom. The summed E-state index contributed by atoms with van der Waals surface area (Å²) in [5.41, 5.74) is 4.97. The van der Waals surface area contributed by atoms with Gasteiger partial charge < -0.3 is 15.5 Å². The van der Waals surface area contributed by atoms with E-state index in [-0.39, 0.29) is 42.9 Å². The van der Waals surface area contributed by atoms with Crippen molar-refractivity contribution in [2.75, 3.05) is 26.2 Å². The highest BCUT2D eigenvalue weighted by Crippen LogP contribution is 2.04. The zero-order chi connectivity index (χ0) is 24.4. The van der Waals surface area contributed by atoms with Crippen molar-refractivity contribution in [3.8, 4) is 0 Å². The Balaban J connectivity index is 0.000000452. The predicted molar refractivity (Wildman–Crippen MR) is 123 cm³/mol. The predicted octanol–water partition coefficient (Wildman–Crippen LogP) is 2.51. The van der Waals surface area contributed by atoms with Crippen LogP contribution in [0.1, 0.15) is 85.0 Å². The highest BCUT2D eigenvalue weighted by Gasteiger charge is 2.26. The van der Waals surface area contributed by atoms with Crippen LogP contribution in [0.5, 0.6) is 0 Å². The van der Waals surface area contributed by atoms with E-state index in [1.54, 1.807) is 0 Å². The van der Waals surface area contributed by atoms with Crippen LogP contribution in [0, 0.1) is 0 Å². The van der Waals surface area contributed by atoms with Crippen molar-refractivity contribution in [3.63, 3.8) is 0 Å². The summed E-state index contributed by atoms with van der Waals surface area (Å²) in [6, 6.07) is -0.494. The van der Waals surface area contributed by atoms with Crippen molar-refractivity contribution < 1.29 is 24.0 Å². The van der Waals surface area contributed by atoms with Crippen LogP contribution in [-0.2, 0) is 14.4 Å². The maximum absolute atomic E-state index is 10.9. The highest BCUT2D eigenvalue weighted by atomic mass is 16.2. The van der Waals surface area contributed by atoms with Gasteiger partial charge in [0.25, 0.3) is 0 Å². The van der Waals surface area contributed by atoms with Gasteiger partial charge in [-0.15, -0.1) is 0 Å². The maximum atomic E-state index is 10.9. The first kappa shape index (κ1) is 29.4. The lowest BCUT2D eigenvalue weighted by Gasteiger charge is -2.10. The lowest BCUT2D eigenvalue weighted by Crippen LogP contribution is -2.28. The fraction of sp³-hybridized carbons (Fsp3) is 0.773. The van der Waals surface area contributed by atoms with Crippen LogP contribution in [0.2, 0.25) is 0 Å². The van der Waals surface area contributed by atoms with Crippen LogP contribution >= 0.6 is 0 Å². The molecule has 2 fully saturated rings. The van der Waals surface area contributed by atoms with E-state index in [1.807, 2.05) is 0 Å². The number of nitrogens with one attached hydrogen (secondary N) is 2. The molecule has 0 bridgehead atoms. The summed E-state index contributed by atoms with van der Waals surface area (Å²) < 4.78 is 0. The minimum absolute atomic E-state index is 0.170. The number of hydrogen-bond acceptors (Lipinski definition) is 5. The second kappa shape index (κ2) is 18.0. The van der Waals surface area contributed by atoms with Crippen LogP contribution < -0.4 is 16.4 Å². The SMILES string of the molecule is CCCCCCCC(N)=O.CCCCN1CC(=O)NC1=O.CCCCN1CC(=O)NC1=O. The Morgan fingerprint density at radius 2 is 1.12 bits per heavy atom. The molecule has 0 spiro atoms. The molecule has 0 atom stereocenters. The standard InChI is InChI=1S/C8H17NO.2C7H12N2O2/c1-2-3-4-5-6-7-8(9)10;2*1-2-3-4-9-5-6(10)8-7(9)11/h2-7H2,1H3,(H2,9,10);2*2-5H2,1H3,(H,8,10,11). The Morgan fingerprint density at radius 3 is 1.44 bits per heavy atom. The first-order valence-electron chi connectivity index (χ1n) is 11.7. The topological polar surface area (TPSA) is 142 Å². The molecule has 4 N–H and O–H groups in total. The van der Waals surface area contributed by atoms with Gasteiger partial charge in [-0.25, -0.2) is 9.59 Å². The lowest BCUT2D eigenvalue weighted by molar-refractivity contribution is -0.119. The third-order valence-electron chi connectivity index (χ3n) is 4.83. The number of imide groups is 2. The number of carbonyl (C=O) groups is 5. The van der Waals surface area contributed by atoms with Gasteiger partial charge in [0.2, 0.25) is 17.7 Å². The third-order valence-corrected chi connectivity index (χ3v) is 4.83. The number of nitrogens with zero attached hydrogens (tertiary/aromatic N) is 2. The van der Waals surface area contributed by atoms with Crippen molar-refractivity contribution in [1.82, 2.24) is 20.4 Å². The van der Waals surface area contributed by atoms with Gasteiger partial charge in [0.05, 0.1) is 0 Å². The molecule has 0 saturated carbocycles. The molecule has 10 nitrogen and oxygen atoms in total. The van der Waals surface area contributed by atoms with E-state index in [4.69, 9.17) is 5.73 Å². The maximum Gasteiger partial charge on any atom is 0.324 e. The summed E-state index contributed by atoms with van der Waals surface area (Å²) >= 11 is 0. The Kier molecular flexibility index (Phi) is 16.5. The van der Waals surface area contributed by atoms with Gasteiger partial charge in [0.15, 0.2) is 0 Å². The summed E-state index contributed by atoms with van der Waals surface area (Å²) in [5, 5.41) is 4.45. The average Bonchev–Trinajstić information content (AvgIpc) is 3.24. The largest absolute Gasteiger partial charge is 0.370 e. The van der Waals surface area contributed by atoms with Crippen LogP contribution in [0.3, 0.4) is 0 Å². The highest BCUT2D eigenvalue weighted by molar-refractivity contribution is 6.02. The molecule has 0 unspecified atom stereocenters. The number of unbranched alkanes of at least 4 members (excludes halogenated alkanes) is 6. The van der Waals surface area contributed by atoms with Gasteiger partial charge in [0, 0.05) is 19.5 Å². The van der Waals surface area contributed by atoms with Gasteiger partial charge in [-0.2, -0.15) is 0 Å². The van der Waals surface area contributed by atoms with E-state index in [1.165, 1.54) is 29.1 Å². The molecule has 10 heteroatoms. The first-order valence-corrected chi connectivity index (χ1v) is 11.7. The van der Waals surface area contributed by atoms with Crippen molar-refractivity contribution in [1.29, 1.82) is 0 Å². The van der Waals surface area contributed by atoms with Crippen molar-refractivity contribution in [3.05, 3.63) is 0 Å². The third kappa shape index (κ3) is 14.4. The molecule has 2 aliphatic heterocycles. The summed E-state index contributed by atoms with van der Waals surface area (Å²) in [4.78, 5) is 56.4. The van der Waals surface area contributed by atoms with Gasteiger partial charge in [-0.3, -0.25) is 25.0 Å². The molecule has 2 aliphatic rings. The van der Waals surface area contributed by atoms with E-state index in [2.05, 4.69) is 31.4 Å². The van der Waals surface area contributed by atoms with Gasteiger partial charge >= 0.3 is 12.1 Å². The zero-order valence-corrected chi connectivity index (χ0v) is 19.9. The average molecular weight is 456 g/mol. The molecule has 2 rings (SSSR count). The van der Waals surface area contributed by atoms with Crippen LogP contribution in [-0.4, -0.2) is 65.8 Å². The summed E-state index contributed by atoms with van der Waals surface area (Å²) in [7, 11) is 0. The summed E-state index contributed by atoms with van der Waals surface area (Å²) in [6.45, 7) is 8.12. The Hall–Kier alpha value is -2.65. The number of amides is 7. The number of hydrogen-bond donors (Lipinski definition) is 3. The van der Waals surface area contributed by atoms with Crippen molar-refractivity contribution in [2.45, 2.75) is 85.0 Å². The van der Waals surface area contributed by atoms with E-state index >= 15 is 0 Å². The van der Waals surface area contributed by atoms with Gasteiger partial charge in [0.1, 0.15) is 13.1 Å². The molecule has 0 aliphatic carbocycles. The Bertz CT molecular complexity index is 572. The molecule has 2 heterocycles. The number of urea groups is 2. The number of nitrogens with two attached hydrogens (primary N) is 1. The fourth-order valence-electron chi connectivity index (χ4n) is 2.93. The quantitative estimate of drug-likeness (QED) is 0.306. The smallest absolute Gasteiger partial charge is 0.324 e. The molecular weight excluding hydrogens is 414 g/mol. The molecule has 0 aromatic carbocycles. The molecule has 0 radical (unpaired) electrons. The molecular formula is C22H41N5O5. The number of rotatable bonds is 12. The summed E-state index contributed by atoms with van der Waals surface area (Å²) in [5.74, 6) is -0.547. The van der Waals surface area contributed by atoms with Crippen molar-refractivity contribution >= 4 is 29.8 Å². The Labute approximate surface area is 191 Å². The molecule has 7 amide bonds. The molecule has 2 saturated heterocycles. The van der Waals surface area contributed by atoms with Crippen LogP contribution in [0.15, 0.2) is 0 Å². The number of primary amides is 1. The molecule has 0 aromatic rings. The zero-order valence-electron chi connectivity index (χ0n) is 19.9. The minimum atomic E-state index is -0.247. The normalized spacial score (nSPS) is 15.0. The number of carbonyl (C=O) groups excluding carboxylic acids is 5. The van der Waals surface area contributed by atoms with E-state index in [0.29, 0.717) is 19.5 Å². The van der Waals surface area contributed by atoms with Crippen molar-refractivity contribution in [2.24, 2.45) is 5.73 Å². The van der Waals surface area contributed by atoms with E-state index < -0.39 is 0 Å². The lowest BCUT2D eigenvalue weighted by atomic mass is 10.1. The van der Waals surface area contributed by atoms with Gasteiger partial charge in [-0.1, -0.05) is 59.3 Å². The molecule has 184 valence electrons. The van der Waals surface area contributed by atoms with E-state index in [9.17, 15) is 24.0 Å². The fourth-order valence-corrected chi connectivity index (χ4v) is 2.93. The summed E-state index contributed by atoms with van der Waals surface area (Å²) in [6.07, 6.45) is 10.4. The monoisotopic (exact) mass is 455 g/mol.